The lowest BCUT2D eigenvalue weighted by atomic mass is 9.93. The van der Waals surface area contributed by atoms with Gasteiger partial charge in [0, 0.05) is 68.6 Å². The van der Waals surface area contributed by atoms with Gasteiger partial charge >= 0.3 is 5.97 Å². The smallest absolute Gasteiger partial charge is 0.306 e. The number of likely N-dealkylation sites (N-methyl/N-ethyl adjacent to an activating group) is 1. The standard InChI is InChI=1S/C27H39N3O3/c1-19-6-7-23-21(16-19)22-18-28(5)12-10-24(22)30(23)15-11-25(31)29-13-8-20(9-14-29)17-26(32)33-27(2,3)4/h6-7,16,20H,8-15,17-18H2,1-5H3. The summed E-state index contributed by atoms with van der Waals surface area (Å²) in [6.45, 7) is 12.1. The number of aromatic nitrogens is 1. The molecule has 0 unspecified atom stereocenters. The first-order valence-corrected chi connectivity index (χ1v) is 12.4. The molecule has 1 fully saturated rings. The van der Waals surface area contributed by atoms with Crippen LogP contribution in [0.4, 0.5) is 0 Å². The third-order valence-corrected chi connectivity index (χ3v) is 6.99. The molecule has 1 aromatic heterocycles. The molecule has 4 rings (SSSR count). The molecule has 0 saturated carbocycles. The first kappa shape index (κ1) is 23.8. The number of carbonyl (C=O) groups is 2. The van der Waals surface area contributed by atoms with Gasteiger partial charge < -0.3 is 19.1 Å². The zero-order valence-corrected chi connectivity index (χ0v) is 20.9. The fraction of sp³-hybridized carbons (Fsp3) is 0.630. The number of amides is 1. The van der Waals surface area contributed by atoms with Crippen molar-refractivity contribution in [2.45, 2.75) is 78.5 Å². The predicted octanol–water partition coefficient (Wildman–Crippen LogP) is 4.30. The normalized spacial score (nSPS) is 17.9. The van der Waals surface area contributed by atoms with Crippen LogP contribution in [0.2, 0.25) is 0 Å². The summed E-state index contributed by atoms with van der Waals surface area (Å²) in [5, 5.41) is 1.34. The summed E-state index contributed by atoms with van der Waals surface area (Å²) in [4.78, 5) is 29.5. The number of ether oxygens (including phenoxy) is 1. The number of esters is 1. The second-order valence-corrected chi connectivity index (χ2v) is 11.0. The fourth-order valence-corrected chi connectivity index (χ4v) is 5.33. The molecular weight excluding hydrogens is 414 g/mol. The van der Waals surface area contributed by atoms with Crippen molar-refractivity contribution in [3.05, 3.63) is 35.0 Å². The number of hydrogen-bond acceptors (Lipinski definition) is 4. The molecule has 6 heteroatoms. The lowest BCUT2D eigenvalue weighted by Crippen LogP contribution is -2.39. The molecule has 6 nitrogen and oxygen atoms in total. The Morgan fingerprint density at radius 3 is 2.55 bits per heavy atom. The zero-order chi connectivity index (χ0) is 23.8. The Kier molecular flexibility index (Phi) is 6.85. The minimum atomic E-state index is -0.441. The van der Waals surface area contributed by atoms with Crippen molar-refractivity contribution in [3.8, 4) is 0 Å². The Balaban J connectivity index is 1.36. The van der Waals surface area contributed by atoms with Gasteiger partial charge in [-0.1, -0.05) is 11.6 Å². The van der Waals surface area contributed by atoms with E-state index in [1.807, 2.05) is 25.7 Å². The summed E-state index contributed by atoms with van der Waals surface area (Å²) in [6, 6.07) is 6.68. The number of benzene rings is 1. The number of piperidine rings is 1. The largest absolute Gasteiger partial charge is 0.460 e. The third-order valence-electron chi connectivity index (χ3n) is 6.99. The second kappa shape index (κ2) is 9.49. The molecule has 33 heavy (non-hydrogen) atoms. The highest BCUT2D eigenvalue weighted by Crippen LogP contribution is 2.32. The van der Waals surface area contributed by atoms with Crippen molar-refractivity contribution in [1.29, 1.82) is 0 Å². The highest BCUT2D eigenvalue weighted by molar-refractivity contribution is 5.87. The van der Waals surface area contributed by atoms with Crippen LogP contribution in [0.5, 0.6) is 0 Å². The van der Waals surface area contributed by atoms with E-state index in [2.05, 4.69) is 41.6 Å². The topological polar surface area (TPSA) is 54.8 Å². The summed E-state index contributed by atoms with van der Waals surface area (Å²) in [5.74, 6) is 0.406. The zero-order valence-electron chi connectivity index (χ0n) is 20.9. The molecule has 0 spiro atoms. The molecular formula is C27H39N3O3. The Morgan fingerprint density at radius 1 is 1.12 bits per heavy atom. The average Bonchev–Trinajstić information content (AvgIpc) is 3.03. The van der Waals surface area contributed by atoms with Crippen LogP contribution < -0.4 is 0 Å². The molecule has 0 bridgehead atoms. The van der Waals surface area contributed by atoms with E-state index in [1.165, 1.54) is 27.7 Å². The molecule has 1 aromatic carbocycles. The van der Waals surface area contributed by atoms with Crippen LogP contribution in [-0.2, 0) is 33.8 Å². The van der Waals surface area contributed by atoms with Crippen LogP contribution in [0.15, 0.2) is 18.2 Å². The van der Waals surface area contributed by atoms with E-state index in [4.69, 9.17) is 4.74 Å². The Hall–Kier alpha value is -2.34. The molecule has 0 atom stereocenters. The van der Waals surface area contributed by atoms with E-state index in [0.29, 0.717) is 18.8 Å². The van der Waals surface area contributed by atoms with E-state index >= 15 is 0 Å². The number of fused-ring (bicyclic) bond motifs is 3. The SMILES string of the molecule is Cc1ccc2c(c1)c1c(n2CCC(=O)N2CCC(CC(=O)OC(C)(C)C)CC2)CCN(C)C1. The Bertz CT molecular complexity index is 1030. The average molecular weight is 454 g/mol. The molecule has 2 aliphatic rings. The van der Waals surface area contributed by atoms with Crippen LogP contribution in [0.25, 0.3) is 10.9 Å². The van der Waals surface area contributed by atoms with Gasteiger partial charge in [-0.05, 0) is 71.2 Å². The van der Waals surface area contributed by atoms with E-state index in [-0.39, 0.29) is 11.9 Å². The van der Waals surface area contributed by atoms with Crippen molar-refractivity contribution >= 4 is 22.8 Å². The molecule has 2 aliphatic heterocycles. The van der Waals surface area contributed by atoms with Crippen LogP contribution >= 0.6 is 0 Å². The highest BCUT2D eigenvalue weighted by Gasteiger charge is 2.27. The van der Waals surface area contributed by atoms with Crippen LogP contribution in [0, 0.1) is 12.8 Å². The monoisotopic (exact) mass is 453 g/mol. The van der Waals surface area contributed by atoms with Crippen molar-refractivity contribution < 1.29 is 14.3 Å². The number of nitrogens with zero attached hydrogens (tertiary/aromatic N) is 3. The van der Waals surface area contributed by atoms with Gasteiger partial charge in [-0.3, -0.25) is 9.59 Å². The quantitative estimate of drug-likeness (QED) is 0.634. The fourth-order valence-electron chi connectivity index (χ4n) is 5.33. The summed E-state index contributed by atoms with van der Waals surface area (Å²) in [6.07, 6.45) is 3.76. The van der Waals surface area contributed by atoms with Crippen molar-refractivity contribution in [1.82, 2.24) is 14.4 Å². The molecule has 3 heterocycles. The highest BCUT2D eigenvalue weighted by atomic mass is 16.6. The molecule has 2 aromatic rings. The maximum absolute atomic E-state index is 13.0. The molecule has 1 saturated heterocycles. The minimum Gasteiger partial charge on any atom is -0.460 e. The Morgan fingerprint density at radius 2 is 1.85 bits per heavy atom. The summed E-state index contributed by atoms with van der Waals surface area (Å²) in [7, 11) is 2.18. The summed E-state index contributed by atoms with van der Waals surface area (Å²) in [5.41, 5.74) is 4.92. The van der Waals surface area contributed by atoms with Crippen LogP contribution in [0.3, 0.4) is 0 Å². The first-order valence-electron chi connectivity index (χ1n) is 12.4. The van der Waals surface area contributed by atoms with E-state index in [9.17, 15) is 9.59 Å². The summed E-state index contributed by atoms with van der Waals surface area (Å²) < 4.78 is 7.86. The van der Waals surface area contributed by atoms with Crippen LogP contribution in [-0.4, -0.2) is 58.5 Å². The van der Waals surface area contributed by atoms with E-state index in [1.54, 1.807) is 0 Å². The lowest BCUT2D eigenvalue weighted by Gasteiger charge is -2.32. The first-order chi connectivity index (χ1) is 15.6. The van der Waals surface area contributed by atoms with Gasteiger partial charge in [0.2, 0.25) is 5.91 Å². The molecule has 0 aliphatic carbocycles. The maximum atomic E-state index is 13.0. The lowest BCUT2D eigenvalue weighted by molar-refractivity contribution is -0.156. The maximum Gasteiger partial charge on any atom is 0.306 e. The van der Waals surface area contributed by atoms with Crippen LogP contribution in [0.1, 0.15) is 63.3 Å². The molecule has 0 radical (unpaired) electrons. The van der Waals surface area contributed by atoms with Gasteiger partial charge in [0.25, 0.3) is 0 Å². The van der Waals surface area contributed by atoms with Crippen molar-refractivity contribution in [2.75, 3.05) is 26.7 Å². The van der Waals surface area contributed by atoms with Gasteiger partial charge in [-0.25, -0.2) is 0 Å². The van der Waals surface area contributed by atoms with Gasteiger partial charge in [0.15, 0.2) is 0 Å². The number of rotatable bonds is 5. The van der Waals surface area contributed by atoms with Crippen molar-refractivity contribution in [2.24, 2.45) is 5.92 Å². The predicted molar refractivity (Wildman–Crippen MR) is 131 cm³/mol. The molecule has 1 amide bonds. The number of hydrogen-bond donors (Lipinski definition) is 0. The number of likely N-dealkylation sites (tertiary alicyclic amines) is 1. The van der Waals surface area contributed by atoms with E-state index < -0.39 is 5.60 Å². The van der Waals surface area contributed by atoms with Gasteiger partial charge in [-0.15, -0.1) is 0 Å². The molecule has 0 N–H and O–H groups in total. The number of carbonyl (C=O) groups excluding carboxylic acids is 2. The van der Waals surface area contributed by atoms with Crippen molar-refractivity contribution in [3.63, 3.8) is 0 Å². The van der Waals surface area contributed by atoms with Gasteiger partial charge in [-0.2, -0.15) is 0 Å². The second-order valence-electron chi connectivity index (χ2n) is 11.0. The van der Waals surface area contributed by atoms with E-state index in [0.717, 1.165) is 52.0 Å². The minimum absolute atomic E-state index is 0.127. The third kappa shape index (κ3) is 5.60. The molecule has 180 valence electrons. The van der Waals surface area contributed by atoms with Gasteiger partial charge in [0.05, 0.1) is 0 Å². The summed E-state index contributed by atoms with van der Waals surface area (Å²) >= 11 is 0. The number of aryl methyl sites for hydroxylation is 2. The Labute approximate surface area is 197 Å². The van der Waals surface area contributed by atoms with Gasteiger partial charge in [0.1, 0.15) is 5.60 Å².